The number of aliphatic hydroxyl groups excluding tert-OH is 8. The van der Waals surface area contributed by atoms with Gasteiger partial charge in [0.15, 0.2) is 12.6 Å². The molecule has 14 heteroatoms. The Labute approximate surface area is 521 Å². The lowest BCUT2D eigenvalue weighted by atomic mass is 9.97. The average Bonchev–Trinajstić information content (AvgIpc) is 3.70. The summed E-state index contributed by atoms with van der Waals surface area (Å²) in [5.74, 6) is -0.196. The smallest absolute Gasteiger partial charge is 0.220 e. The van der Waals surface area contributed by atoms with E-state index in [1.807, 2.05) is 0 Å². The maximum absolute atomic E-state index is 13.4. The van der Waals surface area contributed by atoms with Crippen LogP contribution in [0, 0.1) is 0 Å². The SMILES string of the molecule is CCCCCCCCCCCCCCCCCCCCCCCCCCCCC(=O)NC(COC1OC(CO)C(OC2OC(CO)C(O)C(O)C2O)C(O)C1O)C(O)CCCCCCCCCCCCCCCCCCCCCCCCCCC. The zero-order valence-corrected chi connectivity index (χ0v) is 55.1. The summed E-state index contributed by atoms with van der Waals surface area (Å²) in [6.07, 6.45) is 51.2. The minimum Gasteiger partial charge on any atom is -0.394 e. The maximum Gasteiger partial charge on any atom is 0.220 e. The van der Waals surface area contributed by atoms with E-state index < -0.39 is 86.8 Å². The molecule has 85 heavy (non-hydrogen) atoms. The standard InChI is InChI=1S/C71H139NO13/c1-3-5-7-9-11-13-15-17-19-21-23-25-27-29-31-33-35-37-39-41-43-45-47-49-51-53-55-63(76)72-59(58-82-70-68(81)66(79)69(62(57-74)84-70)85-71-67(80)65(78)64(77)61(56-73)83-71)60(75)54-52-50-48-46-44-42-40-38-36-34-32-30-28-26-24-22-20-18-16-14-12-10-8-6-4-2/h59-62,64-71,73-75,77-81H,3-58H2,1-2H3,(H,72,76). The van der Waals surface area contributed by atoms with Crippen molar-refractivity contribution in [3.05, 3.63) is 0 Å². The topological polar surface area (TPSA) is 228 Å². The number of carbonyl (C=O) groups excluding carboxylic acids is 1. The first-order valence-corrected chi connectivity index (χ1v) is 36.8. The van der Waals surface area contributed by atoms with Crippen molar-refractivity contribution in [2.45, 2.75) is 428 Å². The number of hydrogen-bond acceptors (Lipinski definition) is 13. The van der Waals surface area contributed by atoms with E-state index in [4.69, 9.17) is 18.9 Å². The molecule has 14 nitrogen and oxygen atoms in total. The summed E-state index contributed by atoms with van der Waals surface area (Å²) >= 11 is 0. The molecule has 0 aliphatic carbocycles. The van der Waals surface area contributed by atoms with E-state index in [2.05, 4.69) is 19.2 Å². The zero-order valence-electron chi connectivity index (χ0n) is 55.1. The van der Waals surface area contributed by atoms with E-state index in [1.165, 1.54) is 276 Å². The molecular formula is C71H139NO13. The van der Waals surface area contributed by atoms with Crippen molar-refractivity contribution in [1.82, 2.24) is 5.32 Å². The molecule has 1 amide bonds. The third-order valence-electron chi connectivity index (χ3n) is 18.6. The van der Waals surface area contributed by atoms with Gasteiger partial charge in [-0.1, -0.05) is 335 Å². The van der Waals surface area contributed by atoms with Crippen LogP contribution in [0.5, 0.6) is 0 Å². The van der Waals surface area contributed by atoms with Crippen molar-refractivity contribution in [2.75, 3.05) is 19.8 Å². The highest BCUT2D eigenvalue weighted by Gasteiger charge is 2.51. The first-order valence-electron chi connectivity index (χ1n) is 36.8. The number of rotatable bonds is 62. The van der Waals surface area contributed by atoms with E-state index in [0.717, 1.165) is 51.4 Å². The van der Waals surface area contributed by atoms with Gasteiger partial charge >= 0.3 is 0 Å². The molecule has 2 aliphatic heterocycles. The molecule has 2 fully saturated rings. The van der Waals surface area contributed by atoms with Crippen molar-refractivity contribution >= 4 is 5.91 Å². The summed E-state index contributed by atoms with van der Waals surface area (Å²) in [4.78, 5) is 13.4. The number of aliphatic hydroxyl groups is 8. The fourth-order valence-corrected chi connectivity index (χ4v) is 12.7. The molecule has 12 unspecified atom stereocenters. The molecule has 9 N–H and O–H groups in total. The highest BCUT2D eigenvalue weighted by atomic mass is 16.7. The molecule has 2 aliphatic rings. The minimum atomic E-state index is -1.78. The maximum atomic E-state index is 13.4. The normalized spacial score (nSPS) is 23.4. The van der Waals surface area contributed by atoms with Gasteiger partial charge in [0, 0.05) is 6.42 Å². The Bertz CT molecular complexity index is 1430. The summed E-state index contributed by atoms with van der Waals surface area (Å²) < 4.78 is 23.0. The lowest BCUT2D eigenvalue weighted by Gasteiger charge is -2.46. The second-order valence-electron chi connectivity index (χ2n) is 26.4. The molecule has 506 valence electrons. The van der Waals surface area contributed by atoms with Crippen LogP contribution < -0.4 is 5.32 Å². The average molecular weight is 1210 g/mol. The quantitative estimate of drug-likeness (QED) is 0.0259. The van der Waals surface area contributed by atoms with Crippen LogP contribution in [0.25, 0.3) is 0 Å². The Balaban J connectivity index is 1.65. The van der Waals surface area contributed by atoms with Crippen LogP contribution in [-0.4, -0.2) is 140 Å². The molecule has 0 aromatic heterocycles. The number of hydrogen-bond donors (Lipinski definition) is 9. The number of ether oxygens (including phenoxy) is 4. The Hall–Kier alpha value is -1.01. The third kappa shape index (κ3) is 41.2. The first-order chi connectivity index (χ1) is 41.6. The minimum absolute atomic E-state index is 0.196. The second kappa shape index (κ2) is 56.9. The van der Waals surface area contributed by atoms with Gasteiger partial charge in [0.1, 0.15) is 48.8 Å². The number of carbonyl (C=O) groups is 1. The summed E-state index contributed by atoms with van der Waals surface area (Å²) in [7, 11) is 0. The van der Waals surface area contributed by atoms with Crippen molar-refractivity contribution < 1.29 is 64.6 Å². The second-order valence-corrected chi connectivity index (χ2v) is 26.4. The van der Waals surface area contributed by atoms with Crippen molar-refractivity contribution in [1.29, 1.82) is 0 Å². The van der Waals surface area contributed by atoms with Crippen LogP contribution >= 0.6 is 0 Å². The van der Waals surface area contributed by atoms with Gasteiger partial charge in [0.05, 0.1) is 32.0 Å². The summed E-state index contributed by atoms with van der Waals surface area (Å²) in [5, 5.41) is 87.7. The predicted octanol–water partition coefficient (Wildman–Crippen LogP) is 15.2. The van der Waals surface area contributed by atoms with Crippen LogP contribution in [0.3, 0.4) is 0 Å². The van der Waals surface area contributed by atoms with Crippen LogP contribution in [-0.2, 0) is 23.7 Å². The fraction of sp³-hybridized carbons (Fsp3) is 0.986. The van der Waals surface area contributed by atoms with Crippen molar-refractivity contribution in [3.63, 3.8) is 0 Å². The van der Waals surface area contributed by atoms with Gasteiger partial charge < -0.3 is 65.1 Å². The number of unbranched alkanes of at least 4 members (excludes halogenated alkanes) is 49. The molecular weight excluding hydrogens is 1070 g/mol. The zero-order chi connectivity index (χ0) is 61.6. The molecule has 2 saturated heterocycles. The van der Waals surface area contributed by atoms with Gasteiger partial charge in [-0.05, 0) is 12.8 Å². The van der Waals surface area contributed by atoms with E-state index in [0.29, 0.717) is 12.8 Å². The summed E-state index contributed by atoms with van der Waals surface area (Å²) in [6.45, 7) is 2.94. The first kappa shape index (κ1) is 80.1. The molecule has 0 aromatic rings. The largest absolute Gasteiger partial charge is 0.394 e. The molecule has 2 rings (SSSR count). The van der Waals surface area contributed by atoms with Crippen LogP contribution in [0.2, 0.25) is 0 Å². The Morgan fingerprint density at radius 1 is 0.376 bits per heavy atom. The van der Waals surface area contributed by atoms with Gasteiger partial charge in [-0.15, -0.1) is 0 Å². The lowest BCUT2D eigenvalue weighted by Crippen LogP contribution is -2.65. The van der Waals surface area contributed by atoms with E-state index >= 15 is 0 Å². The molecule has 0 bridgehead atoms. The third-order valence-corrected chi connectivity index (χ3v) is 18.6. The number of nitrogens with one attached hydrogen (secondary N) is 1. The Morgan fingerprint density at radius 3 is 1.00 bits per heavy atom. The highest BCUT2D eigenvalue weighted by molar-refractivity contribution is 5.76. The monoisotopic (exact) mass is 1210 g/mol. The predicted molar refractivity (Wildman–Crippen MR) is 346 cm³/mol. The highest BCUT2D eigenvalue weighted by Crippen LogP contribution is 2.30. The fourth-order valence-electron chi connectivity index (χ4n) is 12.7. The van der Waals surface area contributed by atoms with Gasteiger partial charge in [-0.3, -0.25) is 4.79 Å². The van der Waals surface area contributed by atoms with Crippen LogP contribution in [0.1, 0.15) is 354 Å². The molecule has 0 spiro atoms. The van der Waals surface area contributed by atoms with Gasteiger partial charge in [-0.2, -0.15) is 0 Å². The van der Waals surface area contributed by atoms with E-state index in [-0.39, 0.29) is 12.5 Å². The molecule has 12 atom stereocenters. The lowest BCUT2D eigenvalue weighted by molar-refractivity contribution is -0.359. The van der Waals surface area contributed by atoms with Gasteiger partial charge in [0.2, 0.25) is 5.91 Å². The Kier molecular flexibility index (Phi) is 53.6. The number of amides is 1. The Morgan fingerprint density at radius 2 is 0.671 bits per heavy atom. The molecule has 0 radical (unpaired) electrons. The van der Waals surface area contributed by atoms with Crippen molar-refractivity contribution in [3.8, 4) is 0 Å². The summed E-state index contributed by atoms with van der Waals surface area (Å²) in [6, 6.07) is -0.824. The summed E-state index contributed by atoms with van der Waals surface area (Å²) in [5.41, 5.74) is 0. The molecule has 0 aromatic carbocycles. The van der Waals surface area contributed by atoms with Gasteiger partial charge in [0.25, 0.3) is 0 Å². The van der Waals surface area contributed by atoms with E-state index in [9.17, 15) is 45.6 Å². The molecule has 0 saturated carbocycles. The van der Waals surface area contributed by atoms with Gasteiger partial charge in [-0.25, -0.2) is 0 Å². The van der Waals surface area contributed by atoms with Crippen LogP contribution in [0.15, 0.2) is 0 Å². The van der Waals surface area contributed by atoms with Crippen molar-refractivity contribution in [2.24, 2.45) is 0 Å². The molecule has 2 heterocycles. The van der Waals surface area contributed by atoms with Crippen LogP contribution in [0.4, 0.5) is 0 Å². The van der Waals surface area contributed by atoms with E-state index in [1.54, 1.807) is 0 Å².